The molecule has 2 rings (SSSR count). The Labute approximate surface area is 115 Å². The Morgan fingerprint density at radius 1 is 1.42 bits per heavy atom. The van der Waals surface area contributed by atoms with Crippen molar-refractivity contribution < 1.29 is 9.53 Å². The normalized spacial score (nSPS) is 20.6. The summed E-state index contributed by atoms with van der Waals surface area (Å²) in [6, 6.07) is 6.21. The van der Waals surface area contributed by atoms with Crippen LogP contribution in [-0.4, -0.2) is 11.5 Å². The molecule has 0 fully saturated rings. The van der Waals surface area contributed by atoms with Gasteiger partial charge in [-0.1, -0.05) is 26.0 Å². The van der Waals surface area contributed by atoms with Gasteiger partial charge in [-0.3, -0.25) is 4.79 Å². The fourth-order valence-corrected chi connectivity index (χ4v) is 2.43. The zero-order valence-corrected chi connectivity index (χ0v) is 12.4. The largest absolute Gasteiger partial charge is 0.487 e. The second kappa shape index (κ2) is 4.87. The number of rotatable bonds is 2. The van der Waals surface area contributed by atoms with Gasteiger partial charge in [-0.15, -0.1) is 0 Å². The van der Waals surface area contributed by atoms with Gasteiger partial charge in [0.1, 0.15) is 11.4 Å². The minimum absolute atomic E-state index is 0.000134. The Bertz CT molecular complexity index is 492. The van der Waals surface area contributed by atoms with E-state index in [1.807, 2.05) is 26.8 Å². The number of fused-ring (bicyclic) bond motifs is 1. The van der Waals surface area contributed by atoms with Gasteiger partial charge in [-0.25, -0.2) is 0 Å². The highest BCUT2D eigenvalue weighted by Gasteiger charge is 2.34. The van der Waals surface area contributed by atoms with Gasteiger partial charge in [-0.05, 0) is 32.4 Å². The summed E-state index contributed by atoms with van der Waals surface area (Å²) in [5, 5.41) is 3.13. The summed E-state index contributed by atoms with van der Waals surface area (Å²) in [5.74, 6) is 0.986. The van der Waals surface area contributed by atoms with Crippen LogP contribution < -0.4 is 10.1 Å². The van der Waals surface area contributed by atoms with Gasteiger partial charge in [0.25, 0.3) is 0 Å². The Balaban J connectivity index is 2.32. The van der Waals surface area contributed by atoms with Crippen LogP contribution in [0.4, 0.5) is 0 Å². The molecule has 1 amide bonds. The molecule has 1 aromatic rings. The second-order valence-corrected chi connectivity index (χ2v) is 6.32. The summed E-state index contributed by atoms with van der Waals surface area (Å²) in [5.41, 5.74) is 2.00. The van der Waals surface area contributed by atoms with Gasteiger partial charge in [0.05, 0.1) is 6.04 Å². The molecule has 0 unspecified atom stereocenters. The van der Waals surface area contributed by atoms with Crippen LogP contribution in [0.1, 0.15) is 51.3 Å². The van der Waals surface area contributed by atoms with E-state index in [1.165, 1.54) is 5.56 Å². The maximum absolute atomic E-state index is 11.9. The van der Waals surface area contributed by atoms with Crippen LogP contribution in [0.25, 0.3) is 0 Å². The van der Waals surface area contributed by atoms with E-state index in [0.717, 1.165) is 17.7 Å². The summed E-state index contributed by atoms with van der Waals surface area (Å²) in [6.07, 6.45) is 0.793. The zero-order valence-electron chi connectivity index (χ0n) is 12.4. The highest BCUT2D eigenvalue weighted by atomic mass is 16.5. The highest BCUT2D eigenvalue weighted by molar-refractivity contribution is 5.78. The van der Waals surface area contributed by atoms with Crippen molar-refractivity contribution in [2.45, 2.75) is 52.7 Å². The van der Waals surface area contributed by atoms with Crippen LogP contribution in [0, 0.1) is 12.8 Å². The molecule has 1 atom stereocenters. The number of benzene rings is 1. The molecule has 1 N–H and O–H groups in total. The fraction of sp³-hybridized carbons (Fsp3) is 0.562. The van der Waals surface area contributed by atoms with E-state index < -0.39 is 0 Å². The molecule has 1 heterocycles. The van der Waals surface area contributed by atoms with Gasteiger partial charge >= 0.3 is 0 Å². The minimum atomic E-state index is -0.254. The predicted octanol–water partition coefficient (Wildman–Crippen LogP) is 3.37. The van der Waals surface area contributed by atoms with Crippen LogP contribution in [0.15, 0.2) is 18.2 Å². The Kier molecular flexibility index (Phi) is 3.57. The first-order valence-corrected chi connectivity index (χ1v) is 6.88. The molecule has 0 radical (unpaired) electrons. The maximum Gasteiger partial charge on any atom is 0.223 e. The molecule has 0 aromatic heterocycles. The SMILES string of the molecule is Cc1ccc2c(c1)OC(C)(C)C[C@@H]2NC(=O)C(C)C. The van der Waals surface area contributed by atoms with Crippen LogP contribution in [0.2, 0.25) is 0 Å². The van der Waals surface area contributed by atoms with E-state index in [2.05, 4.69) is 31.3 Å². The van der Waals surface area contributed by atoms with Gasteiger partial charge in [0, 0.05) is 17.9 Å². The van der Waals surface area contributed by atoms with Crippen molar-refractivity contribution in [3.05, 3.63) is 29.3 Å². The fourth-order valence-electron chi connectivity index (χ4n) is 2.43. The number of carbonyl (C=O) groups is 1. The highest BCUT2D eigenvalue weighted by Crippen LogP contribution is 2.39. The molecule has 19 heavy (non-hydrogen) atoms. The molecule has 0 saturated heterocycles. The average Bonchev–Trinajstić information content (AvgIpc) is 2.26. The molecule has 1 aliphatic rings. The molecule has 0 spiro atoms. The molecule has 3 nitrogen and oxygen atoms in total. The molecule has 0 aliphatic carbocycles. The molecular formula is C16H23NO2. The number of amides is 1. The number of hydrogen-bond acceptors (Lipinski definition) is 2. The van der Waals surface area contributed by atoms with Crippen molar-refractivity contribution in [2.75, 3.05) is 0 Å². The number of nitrogens with one attached hydrogen (secondary N) is 1. The Morgan fingerprint density at radius 2 is 2.11 bits per heavy atom. The van der Waals surface area contributed by atoms with Crippen LogP contribution >= 0.6 is 0 Å². The van der Waals surface area contributed by atoms with Crippen molar-refractivity contribution in [3.63, 3.8) is 0 Å². The average molecular weight is 261 g/mol. The molecule has 104 valence electrons. The lowest BCUT2D eigenvalue weighted by Gasteiger charge is -2.38. The van der Waals surface area contributed by atoms with E-state index in [-0.39, 0.29) is 23.5 Å². The van der Waals surface area contributed by atoms with Crippen molar-refractivity contribution in [1.82, 2.24) is 5.32 Å². The van der Waals surface area contributed by atoms with Crippen LogP contribution in [-0.2, 0) is 4.79 Å². The molecule has 0 bridgehead atoms. The summed E-state index contributed by atoms with van der Waals surface area (Å²) in [4.78, 5) is 11.9. The van der Waals surface area contributed by atoms with Gasteiger partial charge in [-0.2, -0.15) is 0 Å². The first-order chi connectivity index (χ1) is 8.78. The van der Waals surface area contributed by atoms with Crippen molar-refractivity contribution in [1.29, 1.82) is 0 Å². The second-order valence-electron chi connectivity index (χ2n) is 6.32. The lowest BCUT2D eigenvalue weighted by Crippen LogP contribution is -2.42. The summed E-state index contributed by atoms with van der Waals surface area (Å²) in [7, 11) is 0. The third-order valence-corrected chi connectivity index (χ3v) is 3.47. The first kappa shape index (κ1) is 13.9. The maximum atomic E-state index is 11.9. The van der Waals surface area contributed by atoms with Crippen molar-refractivity contribution in [3.8, 4) is 5.75 Å². The smallest absolute Gasteiger partial charge is 0.223 e. The van der Waals surface area contributed by atoms with E-state index in [4.69, 9.17) is 4.74 Å². The van der Waals surface area contributed by atoms with Gasteiger partial charge in [0.2, 0.25) is 5.91 Å². The summed E-state index contributed by atoms with van der Waals surface area (Å²) in [6.45, 7) is 10.00. The predicted molar refractivity (Wildman–Crippen MR) is 76.2 cm³/mol. The number of ether oxygens (including phenoxy) is 1. The molecule has 1 aromatic carbocycles. The number of aryl methyl sites for hydroxylation is 1. The number of hydrogen-bond donors (Lipinski definition) is 1. The summed E-state index contributed by atoms with van der Waals surface area (Å²) < 4.78 is 6.02. The van der Waals surface area contributed by atoms with Crippen LogP contribution in [0.3, 0.4) is 0 Å². The monoisotopic (exact) mass is 261 g/mol. The van der Waals surface area contributed by atoms with Crippen LogP contribution in [0.5, 0.6) is 5.75 Å². The molecular weight excluding hydrogens is 238 g/mol. The van der Waals surface area contributed by atoms with Gasteiger partial charge in [0.15, 0.2) is 0 Å². The zero-order chi connectivity index (χ0) is 14.2. The third-order valence-electron chi connectivity index (χ3n) is 3.47. The van der Waals surface area contributed by atoms with Crippen molar-refractivity contribution in [2.24, 2.45) is 5.92 Å². The Hall–Kier alpha value is -1.51. The van der Waals surface area contributed by atoms with E-state index >= 15 is 0 Å². The third kappa shape index (κ3) is 3.09. The molecule has 3 heteroatoms. The quantitative estimate of drug-likeness (QED) is 0.886. The minimum Gasteiger partial charge on any atom is -0.487 e. The summed E-state index contributed by atoms with van der Waals surface area (Å²) >= 11 is 0. The van der Waals surface area contributed by atoms with Crippen molar-refractivity contribution >= 4 is 5.91 Å². The lowest BCUT2D eigenvalue weighted by atomic mass is 9.89. The standard InChI is InChI=1S/C16H23NO2/c1-10(2)15(18)17-13-9-16(4,5)19-14-8-11(3)6-7-12(13)14/h6-8,10,13H,9H2,1-5H3,(H,17,18)/t13-/m0/s1. The molecule has 1 aliphatic heterocycles. The lowest BCUT2D eigenvalue weighted by molar-refractivity contribution is -0.125. The topological polar surface area (TPSA) is 38.3 Å². The van der Waals surface area contributed by atoms with Gasteiger partial charge < -0.3 is 10.1 Å². The molecule has 0 saturated carbocycles. The Morgan fingerprint density at radius 3 is 2.74 bits per heavy atom. The first-order valence-electron chi connectivity index (χ1n) is 6.88. The van der Waals surface area contributed by atoms with E-state index in [1.54, 1.807) is 0 Å². The number of carbonyl (C=O) groups excluding carboxylic acids is 1. The van der Waals surface area contributed by atoms with E-state index in [9.17, 15) is 4.79 Å². The van der Waals surface area contributed by atoms with E-state index in [0.29, 0.717) is 0 Å².